The van der Waals surface area contributed by atoms with Crippen LogP contribution in [0.1, 0.15) is 36.9 Å². The normalized spacial score (nSPS) is 29.1. The highest BCUT2D eigenvalue weighted by Crippen LogP contribution is 2.39. The van der Waals surface area contributed by atoms with Crippen LogP contribution < -0.4 is 14.8 Å². The van der Waals surface area contributed by atoms with Crippen molar-refractivity contribution < 1.29 is 14.6 Å². The first-order chi connectivity index (χ1) is 11.8. The van der Waals surface area contributed by atoms with Crippen LogP contribution in [0, 0.1) is 0 Å². The maximum Gasteiger partial charge on any atom is 0.124 e. The molecule has 1 unspecified atom stereocenters. The molecule has 2 aromatic rings. The van der Waals surface area contributed by atoms with Crippen molar-refractivity contribution in [2.45, 2.75) is 43.5 Å². The molecule has 2 aliphatic rings. The van der Waals surface area contributed by atoms with Gasteiger partial charge in [0.15, 0.2) is 0 Å². The van der Waals surface area contributed by atoms with Gasteiger partial charge < -0.3 is 19.9 Å². The van der Waals surface area contributed by atoms with Gasteiger partial charge in [0.1, 0.15) is 11.5 Å². The van der Waals surface area contributed by atoms with Crippen molar-refractivity contribution in [1.29, 1.82) is 0 Å². The number of hydrogen-bond donors (Lipinski definition) is 2. The quantitative estimate of drug-likeness (QED) is 0.899. The Kier molecular flexibility index (Phi) is 4.16. The van der Waals surface area contributed by atoms with E-state index in [9.17, 15) is 5.11 Å². The minimum atomic E-state index is -0.353. The zero-order chi connectivity index (χ0) is 16.5. The lowest BCUT2D eigenvalue weighted by Crippen LogP contribution is -2.55. The number of methoxy groups -OCH3 is 1. The number of aromatic nitrogens is 2. The molecule has 4 rings (SSSR count). The lowest BCUT2D eigenvalue weighted by atomic mass is 9.82. The number of nitrogens with zero attached hydrogens (tertiary/aromatic N) is 2. The van der Waals surface area contributed by atoms with Gasteiger partial charge in [-0.15, -0.1) is 0 Å². The molecule has 6 heteroatoms. The van der Waals surface area contributed by atoms with Crippen LogP contribution in [0.4, 0.5) is 0 Å². The third kappa shape index (κ3) is 2.76. The molecule has 1 saturated carbocycles. The SMILES string of the molecule is COc1ccc2c(c1)C(N[C@H]1C[C@@H](O)[C@@H]1n1cccn1)CCCO2. The average Bonchev–Trinajstić information content (AvgIpc) is 3.02. The molecule has 0 amide bonds. The second-order valence-corrected chi connectivity index (χ2v) is 6.50. The van der Waals surface area contributed by atoms with Crippen LogP contribution in [0.2, 0.25) is 0 Å². The molecule has 6 nitrogen and oxygen atoms in total. The van der Waals surface area contributed by atoms with E-state index in [2.05, 4.69) is 16.5 Å². The van der Waals surface area contributed by atoms with Crippen LogP contribution in [0.25, 0.3) is 0 Å². The summed E-state index contributed by atoms with van der Waals surface area (Å²) in [6.07, 6.45) is 6.04. The number of aliphatic hydroxyl groups excluding tert-OH is 1. The van der Waals surface area contributed by atoms with E-state index in [0.29, 0.717) is 0 Å². The van der Waals surface area contributed by atoms with Crippen LogP contribution in [-0.2, 0) is 0 Å². The van der Waals surface area contributed by atoms with E-state index in [4.69, 9.17) is 9.47 Å². The van der Waals surface area contributed by atoms with E-state index in [1.165, 1.54) is 0 Å². The number of fused-ring (bicyclic) bond motifs is 1. The molecule has 2 N–H and O–H groups in total. The summed E-state index contributed by atoms with van der Waals surface area (Å²) in [6.45, 7) is 0.730. The van der Waals surface area contributed by atoms with Gasteiger partial charge in [-0.1, -0.05) is 0 Å². The van der Waals surface area contributed by atoms with Crippen molar-refractivity contribution >= 4 is 0 Å². The van der Waals surface area contributed by atoms with Crippen LogP contribution in [0.5, 0.6) is 11.5 Å². The monoisotopic (exact) mass is 329 g/mol. The first-order valence-electron chi connectivity index (χ1n) is 8.50. The van der Waals surface area contributed by atoms with Gasteiger partial charge in [0.05, 0.1) is 25.9 Å². The van der Waals surface area contributed by atoms with Gasteiger partial charge in [-0.2, -0.15) is 5.10 Å². The second-order valence-electron chi connectivity index (χ2n) is 6.50. The fourth-order valence-corrected chi connectivity index (χ4v) is 3.71. The first-order valence-corrected chi connectivity index (χ1v) is 8.50. The Morgan fingerprint density at radius 3 is 3.08 bits per heavy atom. The highest BCUT2D eigenvalue weighted by Gasteiger charge is 2.43. The van der Waals surface area contributed by atoms with Crippen LogP contribution >= 0.6 is 0 Å². The predicted molar refractivity (Wildman–Crippen MR) is 89.3 cm³/mol. The van der Waals surface area contributed by atoms with Crippen LogP contribution in [0.3, 0.4) is 0 Å². The number of ether oxygens (including phenoxy) is 2. The molecule has 1 aliphatic carbocycles. The topological polar surface area (TPSA) is 68.5 Å². The summed E-state index contributed by atoms with van der Waals surface area (Å²) >= 11 is 0. The lowest BCUT2D eigenvalue weighted by molar-refractivity contribution is -0.0121. The van der Waals surface area contributed by atoms with Crippen molar-refractivity contribution in [3.8, 4) is 11.5 Å². The second kappa shape index (κ2) is 6.45. The van der Waals surface area contributed by atoms with Gasteiger partial charge in [0, 0.05) is 30.0 Å². The molecule has 128 valence electrons. The number of rotatable bonds is 4. The van der Waals surface area contributed by atoms with Crippen LogP contribution in [-0.4, -0.2) is 40.7 Å². The molecular weight excluding hydrogens is 306 g/mol. The van der Waals surface area contributed by atoms with Crippen LogP contribution in [0.15, 0.2) is 36.7 Å². The summed E-state index contributed by atoms with van der Waals surface area (Å²) in [7, 11) is 1.68. The van der Waals surface area contributed by atoms with Gasteiger partial charge in [-0.25, -0.2) is 0 Å². The van der Waals surface area contributed by atoms with Crippen molar-refractivity contribution in [2.24, 2.45) is 0 Å². The van der Waals surface area contributed by atoms with E-state index in [-0.39, 0.29) is 24.2 Å². The number of aliphatic hydroxyl groups is 1. The van der Waals surface area contributed by atoms with Gasteiger partial charge >= 0.3 is 0 Å². The Labute approximate surface area is 141 Å². The predicted octanol–water partition coefficient (Wildman–Crippen LogP) is 2.07. The molecule has 1 fully saturated rings. The molecular formula is C18H23N3O3. The Hall–Kier alpha value is -2.05. The molecule has 0 bridgehead atoms. The average molecular weight is 329 g/mol. The number of hydrogen-bond acceptors (Lipinski definition) is 5. The zero-order valence-electron chi connectivity index (χ0n) is 13.8. The smallest absolute Gasteiger partial charge is 0.124 e. The molecule has 1 aliphatic heterocycles. The fraction of sp³-hybridized carbons (Fsp3) is 0.500. The Morgan fingerprint density at radius 2 is 2.33 bits per heavy atom. The van der Waals surface area contributed by atoms with Crippen molar-refractivity contribution in [2.75, 3.05) is 13.7 Å². The summed E-state index contributed by atoms with van der Waals surface area (Å²) < 4.78 is 13.1. The maximum absolute atomic E-state index is 10.2. The molecule has 0 spiro atoms. The third-order valence-electron chi connectivity index (χ3n) is 5.03. The minimum absolute atomic E-state index is 0.0155. The van der Waals surface area contributed by atoms with Gasteiger partial charge in [0.2, 0.25) is 0 Å². The van der Waals surface area contributed by atoms with Crippen molar-refractivity contribution in [3.05, 3.63) is 42.2 Å². The summed E-state index contributed by atoms with van der Waals surface area (Å²) in [6, 6.07) is 8.22. The molecule has 0 radical (unpaired) electrons. The van der Waals surface area contributed by atoms with E-state index in [1.807, 2.05) is 29.1 Å². The Bertz CT molecular complexity index is 689. The van der Waals surface area contributed by atoms with Gasteiger partial charge in [0.25, 0.3) is 0 Å². The largest absolute Gasteiger partial charge is 0.497 e. The van der Waals surface area contributed by atoms with Crippen molar-refractivity contribution in [1.82, 2.24) is 15.1 Å². The summed E-state index contributed by atoms with van der Waals surface area (Å²) in [5, 5.41) is 18.2. The minimum Gasteiger partial charge on any atom is -0.497 e. The van der Waals surface area contributed by atoms with Gasteiger partial charge in [-0.3, -0.25) is 4.68 Å². The highest BCUT2D eigenvalue weighted by atomic mass is 16.5. The van der Waals surface area contributed by atoms with Crippen molar-refractivity contribution in [3.63, 3.8) is 0 Å². The molecule has 1 aromatic carbocycles. The van der Waals surface area contributed by atoms with E-state index >= 15 is 0 Å². The molecule has 0 saturated heterocycles. The van der Waals surface area contributed by atoms with E-state index < -0.39 is 0 Å². The Balaban J connectivity index is 1.56. The molecule has 4 atom stereocenters. The standard InChI is InChI=1S/C18H23N3O3/c1-23-12-5-6-17-13(10-12)14(4-2-9-24-17)20-15-11-16(22)18(15)21-8-3-7-19-21/h3,5-8,10,14-16,18,20,22H,2,4,9,11H2,1H3/t14?,15-,16+,18+/m0/s1. The maximum atomic E-state index is 10.2. The number of benzene rings is 1. The zero-order valence-corrected chi connectivity index (χ0v) is 13.8. The fourth-order valence-electron chi connectivity index (χ4n) is 3.71. The van der Waals surface area contributed by atoms with E-state index in [1.54, 1.807) is 13.3 Å². The highest BCUT2D eigenvalue weighted by molar-refractivity contribution is 5.43. The molecule has 24 heavy (non-hydrogen) atoms. The summed E-state index contributed by atoms with van der Waals surface area (Å²) in [5.74, 6) is 1.75. The third-order valence-corrected chi connectivity index (χ3v) is 5.03. The molecule has 1 aromatic heterocycles. The summed E-state index contributed by atoms with van der Waals surface area (Å²) in [4.78, 5) is 0. The molecule has 2 heterocycles. The van der Waals surface area contributed by atoms with E-state index in [0.717, 1.165) is 42.9 Å². The lowest BCUT2D eigenvalue weighted by Gasteiger charge is -2.43. The summed E-state index contributed by atoms with van der Waals surface area (Å²) in [5.41, 5.74) is 1.13. The number of nitrogens with one attached hydrogen (secondary N) is 1. The van der Waals surface area contributed by atoms with Gasteiger partial charge in [-0.05, 0) is 43.5 Å². The Morgan fingerprint density at radius 1 is 1.42 bits per heavy atom. The first kappa shape index (κ1) is 15.5.